The number of carbonyl (C=O) groups excluding carboxylic acids is 2. The molecule has 0 aromatic carbocycles. The Labute approximate surface area is 112 Å². The highest BCUT2D eigenvalue weighted by Crippen LogP contribution is 2.46. The average molecular weight is 276 g/mol. The second-order valence-corrected chi connectivity index (χ2v) is 6.46. The summed E-state index contributed by atoms with van der Waals surface area (Å²) in [5, 5.41) is 0. The molecule has 5 heteroatoms. The lowest BCUT2D eigenvalue weighted by Gasteiger charge is -2.38. The molecule has 110 valence electrons. The minimum absolute atomic E-state index is 0.0502. The molecule has 0 aliphatic heterocycles. The maximum absolute atomic E-state index is 13.2. The number of hydrogen-bond donors (Lipinski definition) is 0. The van der Waals surface area contributed by atoms with Crippen LogP contribution < -0.4 is 0 Å². The van der Waals surface area contributed by atoms with Crippen molar-refractivity contribution in [2.45, 2.75) is 71.3 Å². The number of esters is 1. The third-order valence-electron chi connectivity index (χ3n) is 3.59. The zero-order chi connectivity index (χ0) is 14.9. The van der Waals surface area contributed by atoms with E-state index in [2.05, 4.69) is 0 Å². The van der Waals surface area contributed by atoms with Crippen molar-refractivity contribution in [1.29, 1.82) is 0 Å². The highest BCUT2D eigenvalue weighted by molar-refractivity contribution is 5.87. The molecule has 0 radical (unpaired) electrons. The van der Waals surface area contributed by atoms with Gasteiger partial charge in [-0.2, -0.15) is 0 Å². The molecule has 0 saturated heterocycles. The first-order valence-electron chi connectivity index (χ1n) is 6.57. The number of carbonyl (C=O) groups is 2. The van der Waals surface area contributed by atoms with Gasteiger partial charge in [0.2, 0.25) is 5.92 Å². The van der Waals surface area contributed by atoms with Gasteiger partial charge in [-0.05, 0) is 40.5 Å². The highest BCUT2D eigenvalue weighted by atomic mass is 19.3. The van der Waals surface area contributed by atoms with Crippen LogP contribution in [0.3, 0.4) is 0 Å². The molecule has 0 N–H and O–H groups in total. The molecule has 1 aliphatic rings. The normalized spacial score (nSPS) is 21.8. The molecule has 0 aromatic rings. The van der Waals surface area contributed by atoms with E-state index in [1.54, 1.807) is 20.8 Å². The van der Waals surface area contributed by atoms with E-state index in [-0.39, 0.29) is 37.9 Å². The van der Waals surface area contributed by atoms with Crippen LogP contribution in [0.5, 0.6) is 0 Å². The summed E-state index contributed by atoms with van der Waals surface area (Å²) in [5.74, 6) is -3.41. The molecule has 0 heterocycles. The summed E-state index contributed by atoms with van der Waals surface area (Å²) in [4.78, 5) is 23.6. The van der Waals surface area contributed by atoms with Crippen LogP contribution in [0, 0.1) is 5.41 Å². The second kappa shape index (κ2) is 5.17. The standard InChI is InChI=1S/C14H22F2O3/c1-10(17)13(5-7-14(15,16)8-6-13)9-11(18)19-12(2,3)4/h5-9H2,1-4H3. The predicted molar refractivity (Wildman–Crippen MR) is 67.0 cm³/mol. The van der Waals surface area contributed by atoms with E-state index < -0.39 is 22.9 Å². The van der Waals surface area contributed by atoms with Gasteiger partial charge >= 0.3 is 5.97 Å². The third kappa shape index (κ3) is 4.55. The maximum atomic E-state index is 13.2. The lowest BCUT2D eigenvalue weighted by Crippen LogP contribution is -2.41. The molecule has 0 aromatic heterocycles. The fraction of sp³-hybridized carbons (Fsp3) is 0.857. The van der Waals surface area contributed by atoms with Crippen molar-refractivity contribution < 1.29 is 23.1 Å². The van der Waals surface area contributed by atoms with E-state index in [1.165, 1.54) is 6.92 Å². The molecule has 1 saturated carbocycles. The Hall–Kier alpha value is -1.00. The van der Waals surface area contributed by atoms with Crippen molar-refractivity contribution in [3.63, 3.8) is 0 Å². The van der Waals surface area contributed by atoms with Gasteiger partial charge in [0.1, 0.15) is 11.4 Å². The monoisotopic (exact) mass is 276 g/mol. The lowest BCUT2D eigenvalue weighted by atomic mass is 9.68. The van der Waals surface area contributed by atoms with E-state index in [1.807, 2.05) is 0 Å². The Kier molecular flexibility index (Phi) is 4.37. The van der Waals surface area contributed by atoms with Gasteiger partial charge < -0.3 is 4.74 Å². The Morgan fingerprint density at radius 3 is 1.95 bits per heavy atom. The van der Waals surface area contributed by atoms with Gasteiger partial charge in [0, 0.05) is 18.3 Å². The Morgan fingerprint density at radius 2 is 1.58 bits per heavy atom. The van der Waals surface area contributed by atoms with Crippen LogP contribution in [0.25, 0.3) is 0 Å². The Balaban J connectivity index is 2.75. The first-order chi connectivity index (χ1) is 8.46. The molecule has 1 rings (SSSR count). The van der Waals surface area contributed by atoms with Crippen LogP contribution >= 0.6 is 0 Å². The first kappa shape index (κ1) is 16.1. The van der Waals surface area contributed by atoms with Gasteiger partial charge in [0.25, 0.3) is 0 Å². The zero-order valence-electron chi connectivity index (χ0n) is 12.0. The van der Waals surface area contributed by atoms with E-state index >= 15 is 0 Å². The van der Waals surface area contributed by atoms with Gasteiger partial charge in [0.15, 0.2) is 0 Å². The fourth-order valence-corrected chi connectivity index (χ4v) is 2.40. The highest BCUT2D eigenvalue weighted by Gasteiger charge is 2.47. The van der Waals surface area contributed by atoms with Crippen LogP contribution in [0.1, 0.15) is 59.8 Å². The van der Waals surface area contributed by atoms with E-state index in [0.717, 1.165) is 0 Å². The summed E-state index contributed by atoms with van der Waals surface area (Å²) in [6, 6.07) is 0. The van der Waals surface area contributed by atoms with Crippen molar-refractivity contribution >= 4 is 11.8 Å². The Morgan fingerprint density at radius 1 is 1.11 bits per heavy atom. The van der Waals surface area contributed by atoms with E-state index in [0.29, 0.717) is 0 Å². The molecule has 0 spiro atoms. The van der Waals surface area contributed by atoms with E-state index in [9.17, 15) is 18.4 Å². The number of rotatable bonds is 3. The minimum atomic E-state index is -2.72. The smallest absolute Gasteiger partial charge is 0.307 e. The number of ketones is 1. The van der Waals surface area contributed by atoms with Crippen LogP contribution in [0.2, 0.25) is 0 Å². The third-order valence-corrected chi connectivity index (χ3v) is 3.59. The van der Waals surface area contributed by atoms with Gasteiger partial charge in [-0.15, -0.1) is 0 Å². The molecular weight excluding hydrogens is 254 g/mol. The molecule has 19 heavy (non-hydrogen) atoms. The Bertz CT molecular complexity index is 359. The molecule has 0 atom stereocenters. The summed E-state index contributed by atoms with van der Waals surface area (Å²) in [6.07, 6.45) is -0.677. The van der Waals surface area contributed by atoms with Crippen LogP contribution in [-0.4, -0.2) is 23.3 Å². The summed E-state index contributed by atoms with van der Waals surface area (Å²) in [6.45, 7) is 6.58. The predicted octanol–water partition coefficient (Wildman–Crippen LogP) is 3.50. The summed E-state index contributed by atoms with van der Waals surface area (Å²) in [5.41, 5.74) is -1.60. The number of ether oxygens (including phenoxy) is 1. The molecule has 3 nitrogen and oxygen atoms in total. The molecule has 0 bridgehead atoms. The van der Waals surface area contributed by atoms with Crippen molar-refractivity contribution in [2.75, 3.05) is 0 Å². The molecule has 0 unspecified atom stereocenters. The van der Waals surface area contributed by atoms with Crippen molar-refractivity contribution in [2.24, 2.45) is 5.41 Å². The van der Waals surface area contributed by atoms with Crippen LogP contribution in [0.15, 0.2) is 0 Å². The van der Waals surface area contributed by atoms with Gasteiger partial charge in [-0.25, -0.2) is 8.78 Å². The summed E-state index contributed by atoms with van der Waals surface area (Å²) in [7, 11) is 0. The summed E-state index contributed by atoms with van der Waals surface area (Å²) < 4.78 is 31.6. The first-order valence-corrected chi connectivity index (χ1v) is 6.57. The number of halogens is 2. The lowest BCUT2D eigenvalue weighted by molar-refractivity contribution is -0.163. The quantitative estimate of drug-likeness (QED) is 0.741. The molecule has 1 fully saturated rings. The van der Waals surface area contributed by atoms with E-state index in [4.69, 9.17) is 4.74 Å². The van der Waals surface area contributed by atoms with Gasteiger partial charge in [0.05, 0.1) is 6.42 Å². The molecule has 0 amide bonds. The number of hydrogen-bond acceptors (Lipinski definition) is 3. The molecular formula is C14H22F2O3. The van der Waals surface area contributed by atoms with Crippen molar-refractivity contribution in [1.82, 2.24) is 0 Å². The maximum Gasteiger partial charge on any atom is 0.307 e. The summed E-state index contributed by atoms with van der Waals surface area (Å²) >= 11 is 0. The largest absolute Gasteiger partial charge is 0.460 e. The molecule has 1 aliphatic carbocycles. The topological polar surface area (TPSA) is 43.4 Å². The average Bonchev–Trinajstić information content (AvgIpc) is 2.18. The van der Waals surface area contributed by atoms with Gasteiger partial charge in [-0.1, -0.05) is 0 Å². The van der Waals surface area contributed by atoms with Crippen molar-refractivity contribution in [3.05, 3.63) is 0 Å². The van der Waals surface area contributed by atoms with Crippen LogP contribution in [0.4, 0.5) is 8.78 Å². The van der Waals surface area contributed by atoms with Crippen molar-refractivity contribution in [3.8, 4) is 0 Å². The zero-order valence-corrected chi connectivity index (χ0v) is 12.0. The SMILES string of the molecule is CC(=O)C1(CC(=O)OC(C)(C)C)CCC(F)(F)CC1. The number of Topliss-reactive ketones (excluding diaryl/α,β-unsaturated/α-hetero) is 1. The minimum Gasteiger partial charge on any atom is -0.460 e. The van der Waals surface area contributed by atoms with Gasteiger partial charge in [-0.3, -0.25) is 9.59 Å². The second-order valence-electron chi connectivity index (χ2n) is 6.46. The number of alkyl halides is 2. The van der Waals surface area contributed by atoms with Crippen LogP contribution in [-0.2, 0) is 14.3 Å². The fourth-order valence-electron chi connectivity index (χ4n) is 2.40.